The van der Waals surface area contributed by atoms with E-state index < -0.39 is 21.0 Å². The molecule has 4 rings (SSSR count). The van der Waals surface area contributed by atoms with E-state index >= 15 is 0 Å². The molecule has 0 aliphatic carbocycles. The van der Waals surface area contributed by atoms with Crippen molar-refractivity contribution in [2.75, 3.05) is 17.2 Å². The van der Waals surface area contributed by atoms with E-state index in [2.05, 4.69) is 45.1 Å². The van der Waals surface area contributed by atoms with Crippen LogP contribution in [0.2, 0.25) is 0 Å². The van der Waals surface area contributed by atoms with Crippen molar-refractivity contribution in [3.8, 4) is 0 Å². The molecule has 1 aromatic heterocycles. The number of aromatic nitrogens is 2. The molecule has 0 saturated heterocycles. The number of hydrogen-bond donors (Lipinski definition) is 2. The molecule has 0 saturated carbocycles. The third-order valence-electron chi connectivity index (χ3n) is 4.90. The van der Waals surface area contributed by atoms with Gasteiger partial charge in [0.05, 0.1) is 4.90 Å². The number of hydrogen-bond acceptors (Lipinski definition) is 7. The lowest BCUT2D eigenvalue weighted by Gasteiger charge is -2.18. The van der Waals surface area contributed by atoms with Gasteiger partial charge in [-0.25, -0.2) is 0 Å². The highest BCUT2D eigenvalue weighted by molar-refractivity contribution is 7.86. The molecule has 7 nitrogen and oxygen atoms in total. The molecule has 2 N–H and O–H groups in total. The first-order valence-electron chi connectivity index (χ1n) is 9.93. The van der Waals surface area contributed by atoms with E-state index in [-0.39, 0.29) is 16.6 Å². The molecule has 0 unspecified atom stereocenters. The lowest BCUT2D eigenvalue weighted by atomic mass is 9.91. The number of benzene rings is 3. The van der Waals surface area contributed by atoms with E-state index in [1.54, 1.807) is 0 Å². The monoisotopic (exact) mass is 482 g/mol. The fourth-order valence-corrected chi connectivity index (χ4v) is 4.38. The Balaban J connectivity index is 1.42. The summed E-state index contributed by atoms with van der Waals surface area (Å²) in [6, 6.07) is 24.8. The van der Waals surface area contributed by atoms with Gasteiger partial charge in [-0.15, -0.1) is 14.1 Å². The smallest absolute Gasteiger partial charge is 0.332 e. The van der Waals surface area contributed by atoms with Crippen molar-refractivity contribution in [1.82, 2.24) is 10.2 Å². The first-order chi connectivity index (χ1) is 15.9. The van der Waals surface area contributed by atoms with Crippen LogP contribution in [-0.2, 0) is 10.2 Å². The highest BCUT2D eigenvalue weighted by Gasteiger charge is 2.17. The van der Waals surface area contributed by atoms with Crippen molar-refractivity contribution in [2.24, 2.45) is 0 Å². The van der Waals surface area contributed by atoms with Crippen LogP contribution < -0.4 is 10.6 Å². The van der Waals surface area contributed by atoms with Crippen LogP contribution >= 0.6 is 11.3 Å². The number of carbonyl (C=O) groups excluding carboxylic acids is 1. The third kappa shape index (κ3) is 5.79. The molecule has 1 amide bonds. The van der Waals surface area contributed by atoms with Gasteiger partial charge in [-0.05, 0) is 35.4 Å². The number of carbonyl (C=O) groups is 1. The van der Waals surface area contributed by atoms with E-state index in [1.807, 2.05) is 36.4 Å². The number of nitrogens with zero attached hydrogens (tertiary/aromatic N) is 2. The van der Waals surface area contributed by atoms with Gasteiger partial charge in [0.2, 0.25) is 10.3 Å². The minimum absolute atomic E-state index is 0.0969. The number of anilines is 2. The number of rotatable bonds is 8. The zero-order valence-corrected chi connectivity index (χ0v) is 18.8. The second-order valence-electron chi connectivity index (χ2n) is 7.08. The second kappa shape index (κ2) is 9.88. The van der Waals surface area contributed by atoms with Crippen LogP contribution in [0.3, 0.4) is 0 Å². The Morgan fingerprint density at radius 1 is 0.848 bits per heavy atom. The second-order valence-corrected chi connectivity index (χ2v) is 9.41. The molecular formula is C23H19FN4O3S2. The standard InChI is InChI=1S/C23H19FN4O3S2/c24-33(30,31)19-13-11-18(12-14-19)21(29)26-23-28-27-22(32-23)25-15-20(16-7-3-1-4-8-16)17-9-5-2-6-10-17/h1-14,20H,15H2,(H,25,27)(H,26,28,29). The summed E-state index contributed by atoms with van der Waals surface area (Å²) in [6.07, 6.45) is 0. The summed E-state index contributed by atoms with van der Waals surface area (Å²) in [5.74, 6) is -0.411. The maximum absolute atomic E-state index is 13.0. The molecule has 0 atom stereocenters. The Kier molecular flexibility index (Phi) is 6.76. The van der Waals surface area contributed by atoms with Crippen LogP contribution in [0.4, 0.5) is 14.1 Å². The zero-order chi connectivity index (χ0) is 23.3. The largest absolute Gasteiger partial charge is 0.359 e. The average molecular weight is 483 g/mol. The molecule has 33 heavy (non-hydrogen) atoms. The SMILES string of the molecule is O=C(Nc1nnc(NCC(c2ccccc2)c2ccccc2)s1)c1ccc(S(=O)(=O)F)cc1. The summed E-state index contributed by atoms with van der Waals surface area (Å²) in [4.78, 5) is 11.9. The summed E-state index contributed by atoms with van der Waals surface area (Å²) < 4.78 is 34.8. The first kappa shape index (κ1) is 22.6. The maximum atomic E-state index is 13.0. The Morgan fingerprint density at radius 2 is 1.39 bits per heavy atom. The molecule has 0 aliphatic rings. The van der Waals surface area contributed by atoms with E-state index in [9.17, 15) is 17.1 Å². The Hall–Kier alpha value is -3.63. The van der Waals surface area contributed by atoms with Gasteiger partial charge in [0.15, 0.2) is 0 Å². The van der Waals surface area contributed by atoms with Crippen LogP contribution in [0.25, 0.3) is 0 Å². The van der Waals surface area contributed by atoms with Gasteiger partial charge < -0.3 is 5.32 Å². The summed E-state index contributed by atoms with van der Waals surface area (Å²) in [7, 11) is -4.81. The summed E-state index contributed by atoms with van der Waals surface area (Å²) in [5.41, 5.74) is 2.49. The highest BCUT2D eigenvalue weighted by Crippen LogP contribution is 2.27. The number of amides is 1. The van der Waals surface area contributed by atoms with Crippen molar-refractivity contribution in [3.05, 3.63) is 102 Å². The van der Waals surface area contributed by atoms with Crippen molar-refractivity contribution in [1.29, 1.82) is 0 Å². The molecule has 0 aliphatic heterocycles. The first-order valence-corrected chi connectivity index (χ1v) is 12.1. The molecule has 1 heterocycles. The molecule has 10 heteroatoms. The predicted molar refractivity (Wildman–Crippen MR) is 126 cm³/mol. The van der Waals surface area contributed by atoms with Crippen molar-refractivity contribution in [3.63, 3.8) is 0 Å². The lowest BCUT2D eigenvalue weighted by molar-refractivity contribution is 0.102. The van der Waals surface area contributed by atoms with E-state index in [0.717, 1.165) is 23.3 Å². The molecule has 0 spiro atoms. The van der Waals surface area contributed by atoms with Gasteiger partial charge >= 0.3 is 10.2 Å². The van der Waals surface area contributed by atoms with Crippen molar-refractivity contribution < 1.29 is 17.1 Å². The summed E-state index contributed by atoms with van der Waals surface area (Å²) in [5, 5.41) is 14.8. The molecule has 0 fully saturated rings. The number of nitrogens with one attached hydrogen (secondary N) is 2. The van der Waals surface area contributed by atoms with Gasteiger partial charge in [0.1, 0.15) is 0 Å². The highest BCUT2D eigenvalue weighted by atomic mass is 32.3. The lowest BCUT2D eigenvalue weighted by Crippen LogP contribution is -2.14. The Bertz CT molecular complexity index is 1290. The van der Waals surface area contributed by atoms with Crippen LogP contribution in [0.15, 0.2) is 89.8 Å². The molecule has 3 aromatic carbocycles. The van der Waals surface area contributed by atoms with Crippen molar-refractivity contribution in [2.45, 2.75) is 10.8 Å². The average Bonchev–Trinajstić information content (AvgIpc) is 3.27. The van der Waals surface area contributed by atoms with Gasteiger partial charge in [-0.2, -0.15) is 8.42 Å². The topological polar surface area (TPSA) is 101 Å². The molecule has 0 radical (unpaired) electrons. The summed E-state index contributed by atoms with van der Waals surface area (Å²) >= 11 is 1.17. The van der Waals surface area contributed by atoms with Crippen LogP contribution in [-0.4, -0.2) is 31.1 Å². The summed E-state index contributed by atoms with van der Waals surface area (Å²) in [6.45, 7) is 0.579. The minimum atomic E-state index is -4.81. The fraction of sp³-hybridized carbons (Fsp3) is 0.0870. The van der Waals surface area contributed by atoms with Crippen molar-refractivity contribution >= 4 is 37.7 Å². The van der Waals surface area contributed by atoms with E-state index in [1.165, 1.54) is 23.5 Å². The molecule has 4 aromatic rings. The molecule has 168 valence electrons. The van der Waals surface area contributed by atoms with E-state index in [0.29, 0.717) is 11.7 Å². The van der Waals surface area contributed by atoms with Crippen LogP contribution in [0.1, 0.15) is 27.4 Å². The van der Waals surface area contributed by atoms with Gasteiger partial charge in [0, 0.05) is 18.0 Å². The predicted octanol–water partition coefficient (Wildman–Crippen LogP) is 4.69. The van der Waals surface area contributed by atoms with Gasteiger partial charge in [-0.3, -0.25) is 10.1 Å². The van der Waals surface area contributed by atoms with Crippen LogP contribution in [0.5, 0.6) is 0 Å². The minimum Gasteiger partial charge on any atom is -0.359 e. The molecular weight excluding hydrogens is 463 g/mol. The molecule has 0 bridgehead atoms. The van der Waals surface area contributed by atoms with Gasteiger partial charge in [-0.1, -0.05) is 72.0 Å². The van der Waals surface area contributed by atoms with E-state index in [4.69, 9.17) is 0 Å². The number of halogens is 1. The quantitative estimate of drug-likeness (QED) is 0.353. The van der Waals surface area contributed by atoms with Crippen LogP contribution in [0, 0.1) is 0 Å². The zero-order valence-electron chi connectivity index (χ0n) is 17.2. The third-order valence-corrected chi connectivity index (χ3v) is 6.54. The van der Waals surface area contributed by atoms with Gasteiger partial charge in [0.25, 0.3) is 5.91 Å². The Labute approximate surface area is 194 Å². The normalized spacial score (nSPS) is 11.3. The fourth-order valence-electron chi connectivity index (χ4n) is 3.27. The Morgan fingerprint density at radius 3 is 1.94 bits per heavy atom. The maximum Gasteiger partial charge on any atom is 0.332 e.